The fourth-order valence-electron chi connectivity index (χ4n) is 1.07. The first kappa shape index (κ1) is 25.8. The number of aliphatic hydroxyl groups excluding tert-OH is 2. The lowest BCUT2D eigenvalue weighted by atomic mass is 10.8. The van der Waals surface area contributed by atoms with Crippen molar-refractivity contribution in [2.45, 2.75) is 28.1 Å². The first-order valence-corrected chi connectivity index (χ1v) is 7.60. The Kier molecular flexibility index (Phi) is 20.0. The van der Waals surface area contributed by atoms with Crippen LogP contribution < -0.4 is 0 Å². The quantitative estimate of drug-likeness (QED) is 0.284. The molecule has 0 aromatic heterocycles. The van der Waals surface area contributed by atoms with Crippen LogP contribution in [0.4, 0.5) is 0 Å². The highest BCUT2D eigenvalue weighted by Gasteiger charge is 2.47. The van der Waals surface area contributed by atoms with Gasteiger partial charge in [-0.25, -0.2) is 0 Å². The number of methoxy groups -OCH3 is 2. The molecule has 9 heteroatoms. The van der Waals surface area contributed by atoms with E-state index in [2.05, 4.69) is 0 Å². The molecule has 0 heterocycles. The summed E-state index contributed by atoms with van der Waals surface area (Å²) in [6.07, 6.45) is -0.605. The lowest BCUT2D eigenvalue weighted by molar-refractivity contribution is -0.134. The maximum absolute atomic E-state index is 8.84. The van der Waals surface area contributed by atoms with Crippen LogP contribution in [0.1, 0.15) is 21.8 Å². The van der Waals surface area contributed by atoms with Gasteiger partial charge in [0.15, 0.2) is 6.29 Å². The zero-order valence-electron chi connectivity index (χ0n) is 11.7. The van der Waals surface area contributed by atoms with E-state index in [0.717, 1.165) is 0 Å². The summed E-state index contributed by atoms with van der Waals surface area (Å²) in [5, 5.41) is 17.7. The molecule has 0 radical (unpaired) electrons. The van der Waals surface area contributed by atoms with Crippen molar-refractivity contribution in [1.29, 1.82) is 0 Å². The third-order valence-electron chi connectivity index (χ3n) is 1.95. The largest absolute Gasteiger partial charge is 0.681 e. The van der Waals surface area contributed by atoms with Gasteiger partial charge in [-0.3, -0.25) is 0 Å². The Morgan fingerprint density at radius 3 is 1.71 bits per heavy atom. The second kappa shape index (κ2) is 16.3. The first-order valence-electron chi connectivity index (χ1n) is 5.97. The number of hydrogen-bond acceptors (Lipinski definition) is 8. The highest BCUT2D eigenvalue weighted by Crippen LogP contribution is 2.15. The minimum Gasteiger partial charge on any atom is -0.394 e. The molecule has 1 unspecified atom stereocenters. The van der Waals surface area contributed by atoms with E-state index in [1.807, 2.05) is 0 Å². The normalized spacial score (nSPS) is 12.4. The zero-order valence-corrected chi connectivity index (χ0v) is 12.7. The van der Waals surface area contributed by atoms with Crippen LogP contribution in [0.3, 0.4) is 0 Å². The minimum absolute atomic E-state index is 0. The van der Waals surface area contributed by atoms with Gasteiger partial charge in [0, 0.05) is 14.2 Å². The zero-order chi connectivity index (χ0) is 14.6. The second-order valence-corrected chi connectivity index (χ2v) is 5.51. The van der Waals surface area contributed by atoms with Crippen molar-refractivity contribution in [3.8, 4) is 0 Å². The van der Waals surface area contributed by atoms with Gasteiger partial charge in [-0.15, -0.1) is 0 Å². The van der Waals surface area contributed by atoms with Gasteiger partial charge in [-0.2, -0.15) is 0 Å². The Morgan fingerprint density at radius 2 is 1.33 bits per heavy atom. The molecule has 0 aliphatic carbocycles. The first-order chi connectivity index (χ1) is 9.14. The van der Waals surface area contributed by atoms with Crippen LogP contribution in [0.15, 0.2) is 0 Å². The second-order valence-electron chi connectivity index (χ2n) is 3.41. The molecule has 2 N–H and O–H groups in total. The van der Waals surface area contributed by atoms with E-state index < -0.39 is 15.3 Å². The van der Waals surface area contributed by atoms with Crippen molar-refractivity contribution in [3.05, 3.63) is 0 Å². The van der Waals surface area contributed by atoms with Crippen LogP contribution in [-0.4, -0.2) is 79.4 Å². The van der Waals surface area contributed by atoms with Crippen molar-refractivity contribution < 1.29 is 37.4 Å². The van der Waals surface area contributed by atoms with Crippen molar-refractivity contribution in [2.24, 2.45) is 0 Å². The molecule has 0 aliphatic rings. The molecule has 0 rings (SSSR count). The molecule has 0 fully saturated rings. The van der Waals surface area contributed by atoms with E-state index in [1.54, 1.807) is 6.92 Å². The monoisotopic (exact) mass is 332 g/mol. The van der Waals surface area contributed by atoms with Crippen LogP contribution in [0.2, 0.25) is 0 Å². The Morgan fingerprint density at radius 1 is 0.857 bits per heavy atom. The number of rotatable bonds is 13. The maximum atomic E-state index is 8.84. The van der Waals surface area contributed by atoms with Gasteiger partial charge < -0.3 is 37.4 Å². The predicted molar refractivity (Wildman–Crippen MR) is 80.7 cm³/mol. The third kappa shape index (κ3) is 12.2. The summed E-state index contributed by atoms with van der Waals surface area (Å²) in [5.41, 5.74) is 0. The van der Waals surface area contributed by atoms with E-state index in [-0.39, 0.29) is 47.9 Å². The van der Waals surface area contributed by atoms with Crippen molar-refractivity contribution in [1.82, 2.24) is 0 Å². The maximum Gasteiger partial charge on any atom is 0.681 e. The van der Waals surface area contributed by atoms with Gasteiger partial charge in [0.25, 0.3) is 0 Å². The molecule has 132 valence electrons. The highest BCUT2D eigenvalue weighted by molar-refractivity contribution is 6.53. The summed E-state index contributed by atoms with van der Waals surface area (Å²) in [7, 11) is -0.478. The van der Waals surface area contributed by atoms with E-state index in [1.165, 1.54) is 14.2 Å². The molecular weight excluding hydrogens is 300 g/mol. The fraction of sp³-hybridized carbons (Fsp3) is 1.00. The Balaban J connectivity index is -0.00000162. The molecule has 0 amide bonds. The summed E-state index contributed by atoms with van der Waals surface area (Å²) in [6.45, 7) is 1.81. The van der Waals surface area contributed by atoms with E-state index in [0.29, 0.717) is 6.61 Å². The van der Waals surface area contributed by atoms with Gasteiger partial charge in [0.1, 0.15) is 0 Å². The van der Waals surface area contributed by atoms with Crippen molar-refractivity contribution >= 4 is 9.05 Å². The van der Waals surface area contributed by atoms with Crippen LogP contribution >= 0.6 is 0 Å². The summed E-state index contributed by atoms with van der Waals surface area (Å²) in [5.74, 6) is 0. The molecule has 1 atom stereocenters. The van der Waals surface area contributed by atoms with Crippen molar-refractivity contribution in [2.75, 3.05) is 53.9 Å². The average molecular weight is 332 g/mol. The molecule has 0 spiro atoms. The molecule has 0 aromatic carbocycles. The number of aliphatic hydroxyl groups is 2. The fourth-order valence-corrected chi connectivity index (χ4v) is 3.04. The van der Waals surface area contributed by atoms with Crippen LogP contribution in [0.5, 0.6) is 0 Å². The summed E-state index contributed by atoms with van der Waals surface area (Å²) in [6, 6.07) is 0. The van der Waals surface area contributed by atoms with E-state index in [4.69, 9.17) is 37.4 Å². The van der Waals surface area contributed by atoms with Gasteiger partial charge in [0.05, 0.1) is 39.6 Å². The summed E-state index contributed by atoms with van der Waals surface area (Å²) < 4.78 is 31.6. The highest BCUT2D eigenvalue weighted by atomic mass is 28.4. The Labute approximate surface area is 129 Å². The van der Waals surface area contributed by atoms with Gasteiger partial charge >= 0.3 is 9.05 Å². The molecule has 21 heavy (non-hydrogen) atoms. The molecular formula is C12H32O8Si. The number of ether oxygens (including phenoxy) is 2. The van der Waals surface area contributed by atoms with Gasteiger partial charge in [-0.05, 0) is 6.92 Å². The summed E-state index contributed by atoms with van der Waals surface area (Å²) >= 11 is 0. The standard InChI is InChI=1S/C10H24O8Si.2CH4/c1-10(14-3)18-19(15-6-4-11,16-7-5-12)17-9-8-13-2;;/h10-12H,4-9H2,1-3H3;2*1H4. The average Bonchev–Trinajstić information content (AvgIpc) is 2.43. The van der Waals surface area contributed by atoms with Gasteiger partial charge in [-0.1, -0.05) is 14.9 Å². The Bertz CT molecular complexity index is 200. The van der Waals surface area contributed by atoms with Crippen LogP contribution in [0.25, 0.3) is 0 Å². The predicted octanol–water partition coefficient (Wildman–Crippen LogP) is 0.384. The number of hydrogen-bond donors (Lipinski definition) is 2. The van der Waals surface area contributed by atoms with E-state index >= 15 is 0 Å². The molecule has 8 nitrogen and oxygen atoms in total. The lowest BCUT2D eigenvalue weighted by Gasteiger charge is -2.29. The Hall–Kier alpha value is -0.103. The van der Waals surface area contributed by atoms with E-state index in [9.17, 15) is 0 Å². The summed E-state index contributed by atoms with van der Waals surface area (Å²) in [4.78, 5) is 0. The van der Waals surface area contributed by atoms with Crippen LogP contribution in [-0.2, 0) is 27.2 Å². The molecule has 0 aliphatic heterocycles. The smallest absolute Gasteiger partial charge is 0.394 e. The molecule has 0 aromatic rings. The van der Waals surface area contributed by atoms with Crippen molar-refractivity contribution in [3.63, 3.8) is 0 Å². The SMILES string of the molecule is C.C.COCCO[Si](OCCO)(OCCO)OC(C)OC. The van der Waals surface area contributed by atoms with Crippen LogP contribution in [0, 0.1) is 0 Å². The molecule has 0 saturated carbocycles. The third-order valence-corrected chi connectivity index (χ3v) is 4.24. The van der Waals surface area contributed by atoms with Gasteiger partial charge in [0.2, 0.25) is 0 Å². The topological polar surface area (TPSA) is 95.8 Å². The molecule has 0 bridgehead atoms. The molecule has 0 saturated heterocycles. The minimum atomic E-state index is -3.48. The lowest BCUT2D eigenvalue weighted by Crippen LogP contribution is -2.53.